The van der Waals surface area contributed by atoms with Crippen molar-refractivity contribution in [1.29, 1.82) is 0 Å². The normalized spacial score (nSPS) is 13.7. The summed E-state index contributed by atoms with van der Waals surface area (Å²) in [4.78, 5) is 43.1. The summed E-state index contributed by atoms with van der Waals surface area (Å²) < 4.78 is 5.54. The number of nitrogens with zero attached hydrogens (tertiary/aromatic N) is 1. The van der Waals surface area contributed by atoms with Crippen molar-refractivity contribution in [3.63, 3.8) is 0 Å². The number of hydrogen-bond donors (Lipinski definition) is 2. The Bertz CT molecular complexity index is 920. The number of carbonyl (C=O) groups excluding carboxylic acids is 3. The van der Waals surface area contributed by atoms with E-state index in [-0.39, 0.29) is 17.7 Å². The van der Waals surface area contributed by atoms with E-state index < -0.39 is 23.8 Å². The van der Waals surface area contributed by atoms with Crippen molar-refractivity contribution in [1.82, 2.24) is 15.5 Å². The highest BCUT2D eigenvalue weighted by atomic mass is 16.6. The summed E-state index contributed by atoms with van der Waals surface area (Å²) in [5.74, 6) is -0.554. The molecule has 0 aromatic heterocycles. The summed E-state index contributed by atoms with van der Waals surface area (Å²) in [6.07, 6.45) is 9.45. The zero-order valence-corrected chi connectivity index (χ0v) is 27.5. The molecule has 3 unspecified atom stereocenters. The van der Waals surface area contributed by atoms with E-state index in [1.165, 1.54) is 19.3 Å². The Balaban J connectivity index is 3.53. The molecule has 3 amide bonds. The predicted octanol–water partition coefficient (Wildman–Crippen LogP) is 7.78. The van der Waals surface area contributed by atoms with E-state index in [1.54, 1.807) is 25.7 Å². The third-order valence-corrected chi connectivity index (χ3v) is 7.64. The first-order valence-corrected chi connectivity index (χ1v) is 16.0. The number of ether oxygens (including phenoxy) is 1. The summed E-state index contributed by atoms with van der Waals surface area (Å²) >= 11 is 0. The van der Waals surface area contributed by atoms with Crippen molar-refractivity contribution in [3.05, 3.63) is 34.9 Å². The summed E-state index contributed by atoms with van der Waals surface area (Å²) in [7, 11) is 0. The van der Waals surface area contributed by atoms with Crippen LogP contribution in [0.15, 0.2) is 18.2 Å². The van der Waals surface area contributed by atoms with E-state index >= 15 is 0 Å². The molecular weight excluding hydrogens is 514 g/mol. The number of carbonyl (C=O) groups is 3. The van der Waals surface area contributed by atoms with E-state index in [1.807, 2.05) is 45.9 Å². The van der Waals surface area contributed by atoms with Crippen molar-refractivity contribution < 1.29 is 19.1 Å². The van der Waals surface area contributed by atoms with Crippen LogP contribution in [0.5, 0.6) is 0 Å². The minimum atomic E-state index is -0.811. The van der Waals surface area contributed by atoms with Crippen LogP contribution in [0.1, 0.15) is 135 Å². The van der Waals surface area contributed by atoms with Crippen LogP contribution >= 0.6 is 0 Å². The van der Waals surface area contributed by atoms with Crippen molar-refractivity contribution >= 4 is 17.9 Å². The Kier molecular flexibility index (Phi) is 16.7. The summed E-state index contributed by atoms with van der Waals surface area (Å²) in [6.45, 7) is 18.7. The topological polar surface area (TPSA) is 87.7 Å². The van der Waals surface area contributed by atoms with Crippen molar-refractivity contribution in [3.8, 4) is 0 Å². The van der Waals surface area contributed by atoms with Crippen molar-refractivity contribution in [2.45, 2.75) is 144 Å². The first-order chi connectivity index (χ1) is 19.4. The molecule has 7 nitrogen and oxygen atoms in total. The van der Waals surface area contributed by atoms with Crippen LogP contribution in [-0.4, -0.2) is 47.5 Å². The van der Waals surface area contributed by atoms with Crippen LogP contribution in [0.4, 0.5) is 4.79 Å². The maximum atomic E-state index is 14.5. The van der Waals surface area contributed by atoms with Gasteiger partial charge < -0.3 is 20.3 Å². The van der Waals surface area contributed by atoms with Crippen LogP contribution in [0.25, 0.3) is 0 Å². The number of rotatable bonds is 18. The first-order valence-electron chi connectivity index (χ1n) is 16.0. The molecule has 0 aliphatic rings. The fourth-order valence-electron chi connectivity index (χ4n) is 5.10. The van der Waals surface area contributed by atoms with Gasteiger partial charge in [0.25, 0.3) is 0 Å². The molecule has 0 saturated carbocycles. The molecular formula is C34H59N3O4. The molecule has 1 rings (SSSR count). The maximum absolute atomic E-state index is 14.5. The summed E-state index contributed by atoms with van der Waals surface area (Å²) in [6, 6.07) is 4.38. The van der Waals surface area contributed by atoms with Crippen LogP contribution in [-0.2, 0) is 14.3 Å². The zero-order valence-electron chi connectivity index (χ0n) is 27.5. The third kappa shape index (κ3) is 12.9. The predicted molar refractivity (Wildman–Crippen MR) is 169 cm³/mol. The van der Waals surface area contributed by atoms with Crippen LogP contribution in [0, 0.1) is 19.8 Å². The van der Waals surface area contributed by atoms with Gasteiger partial charge in [0.2, 0.25) is 11.8 Å². The van der Waals surface area contributed by atoms with Gasteiger partial charge in [0.05, 0.1) is 0 Å². The zero-order chi connectivity index (χ0) is 31.0. The second-order valence-corrected chi connectivity index (χ2v) is 12.5. The molecule has 3 atom stereocenters. The number of aryl methyl sites for hydroxylation is 2. The Morgan fingerprint density at radius 1 is 0.878 bits per heavy atom. The number of hydrogen-bond acceptors (Lipinski definition) is 4. The van der Waals surface area contributed by atoms with Gasteiger partial charge in [-0.25, -0.2) is 4.79 Å². The minimum absolute atomic E-state index is 0.145. The largest absolute Gasteiger partial charge is 0.444 e. The molecule has 0 aliphatic carbocycles. The average Bonchev–Trinajstić information content (AvgIpc) is 2.90. The lowest BCUT2D eigenvalue weighted by atomic mass is 9.91. The van der Waals surface area contributed by atoms with Gasteiger partial charge in [-0.05, 0) is 70.1 Å². The van der Waals surface area contributed by atoms with Crippen LogP contribution < -0.4 is 10.6 Å². The van der Waals surface area contributed by atoms with Crippen LogP contribution in [0.3, 0.4) is 0 Å². The molecule has 1 aromatic carbocycles. The van der Waals surface area contributed by atoms with Gasteiger partial charge in [-0.15, -0.1) is 0 Å². The smallest absolute Gasteiger partial charge is 0.408 e. The number of benzene rings is 1. The second kappa shape index (κ2) is 18.8. The fourth-order valence-corrected chi connectivity index (χ4v) is 5.10. The highest BCUT2D eigenvalue weighted by Crippen LogP contribution is 2.30. The molecule has 0 spiro atoms. The fraction of sp³-hybridized carbons (Fsp3) is 0.735. The Morgan fingerprint density at radius 2 is 1.44 bits per heavy atom. The molecule has 1 aromatic rings. The first kappa shape index (κ1) is 36.5. The highest BCUT2D eigenvalue weighted by molar-refractivity contribution is 5.92. The number of alkyl carbamates (subject to hydrolysis) is 1. The van der Waals surface area contributed by atoms with E-state index in [2.05, 4.69) is 24.5 Å². The molecule has 2 N–H and O–H groups in total. The van der Waals surface area contributed by atoms with E-state index in [0.29, 0.717) is 19.5 Å². The van der Waals surface area contributed by atoms with Gasteiger partial charge in [0.1, 0.15) is 17.7 Å². The third-order valence-electron chi connectivity index (χ3n) is 7.64. The summed E-state index contributed by atoms with van der Waals surface area (Å²) in [5.41, 5.74) is 2.11. The quantitative estimate of drug-likeness (QED) is 0.176. The molecule has 0 radical (unpaired) electrons. The number of amides is 3. The SMILES string of the molecule is CCCCCCCCN(C(=O)C(NC(=O)OC(C)(C)C)C(C)CC)C(C(=O)NCCCCC)c1c(C)cccc1C. The van der Waals surface area contributed by atoms with Gasteiger partial charge in [0, 0.05) is 13.1 Å². The standard InChI is InChI=1S/C34H59N3O4/c1-10-13-15-16-17-19-24-37(32(39)29(25(4)12-3)36-33(40)41-34(7,8)9)30(31(38)35-23-18-14-11-2)28-26(5)21-20-22-27(28)6/h20-22,25,29-30H,10-19,23-24H2,1-9H3,(H,35,38)(H,36,40). The van der Waals surface area contributed by atoms with E-state index in [0.717, 1.165) is 55.2 Å². The lowest BCUT2D eigenvalue weighted by molar-refractivity contribution is -0.143. The minimum Gasteiger partial charge on any atom is -0.444 e. The Hall–Kier alpha value is -2.57. The molecule has 234 valence electrons. The van der Waals surface area contributed by atoms with E-state index in [4.69, 9.17) is 4.74 Å². The average molecular weight is 574 g/mol. The van der Waals surface area contributed by atoms with Crippen molar-refractivity contribution in [2.75, 3.05) is 13.1 Å². The number of unbranched alkanes of at least 4 members (excludes halogenated alkanes) is 7. The van der Waals surface area contributed by atoms with Gasteiger partial charge in [-0.2, -0.15) is 0 Å². The van der Waals surface area contributed by atoms with Crippen LogP contribution in [0.2, 0.25) is 0 Å². The Labute approximate surface area is 250 Å². The lowest BCUT2D eigenvalue weighted by Crippen LogP contribution is -2.55. The molecule has 0 aliphatic heterocycles. The lowest BCUT2D eigenvalue weighted by Gasteiger charge is -2.37. The second-order valence-electron chi connectivity index (χ2n) is 12.5. The van der Waals surface area contributed by atoms with Gasteiger partial charge >= 0.3 is 6.09 Å². The summed E-state index contributed by atoms with van der Waals surface area (Å²) in [5, 5.41) is 6.01. The molecule has 0 fully saturated rings. The molecule has 0 heterocycles. The molecule has 0 saturated heterocycles. The van der Waals surface area contributed by atoms with Gasteiger partial charge in [-0.1, -0.05) is 97.3 Å². The highest BCUT2D eigenvalue weighted by Gasteiger charge is 2.38. The molecule has 7 heteroatoms. The van der Waals surface area contributed by atoms with Gasteiger partial charge in [-0.3, -0.25) is 9.59 Å². The number of nitrogens with one attached hydrogen (secondary N) is 2. The van der Waals surface area contributed by atoms with Gasteiger partial charge in [0.15, 0.2) is 0 Å². The molecule has 0 bridgehead atoms. The monoisotopic (exact) mass is 573 g/mol. The maximum Gasteiger partial charge on any atom is 0.408 e. The van der Waals surface area contributed by atoms with E-state index in [9.17, 15) is 14.4 Å². The Morgan fingerprint density at radius 3 is 2.00 bits per heavy atom. The molecule has 41 heavy (non-hydrogen) atoms. The van der Waals surface area contributed by atoms with Crippen molar-refractivity contribution in [2.24, 2.45) is 5.92 Å².